The van der Waals surface area contributed by atoms with Crippen LogP contribution in [0.3, 0.4) is 0 Å². The number of hydrogen-bond donors (Lipinski definition) is 1. The van der Waals surface area contributed by atoms with Crippen molar-refractivity contribution in [1.82, 2.24) is 19.9 Å². The highest BCUT2D eigenvalue weighted by Crippen LogP contribution is 2.28. The highest BCUT2D eigenvalue weighted by Gasteiger charge is 2.33. The Morgan fingerprint density at radius 2 is 1.83 bits per heavy atom. The third-order valence-corrected chi connectivity index (χ3v) is 5.83. The van der Waals surface area contributed by atoms with E-state index >= 15 is 0 Å². The lowest BCUT2D eigenvalue weighted by molar-refractivity contribution is -0.137. The first-order chi connectivity index (χ1) is 13.1. The molecular weight excluding hydrogens is 413 g/mol. The maximum atomic E-state index is 12.7. The molecule has 1 amide bonds. The zero-order chi connectivity index (χ0) is 18.8. The number of rotatable bonds is 4. The van der Waals surface area contributed by atoms with E-state index in [-0.39, 0.29) is 48.7 Å². The van der Waals surface area contributed by atoms with Gasteiger partial charge in [0.05, 0.1) is 6.04 Å². The molecule has 2 aromatic rings. The number of carbonyl (C=O) groups excluding carboxylic acids is 1. The number of halogens is 2. The minimum atomic E-state index is 0. The van der Waals surface area contributed by atoms with E-state index in [0.717, 1.165) is 51.0 Å². The van der Waals surface area contributed by atoms with Crippen LogP contribution >= 0.6 is 24.8 Å². The lowest BCUT2D eigenvalue weighted by Gasteiger charge is -2.37. The van der Waals surface area contributed by atoms with Gasteiger partial charge in [-0.15, -0.1) is 24.8 Å². The van der Waals surface area contributed by atoms with Crippen molar-refractivity contribution in [2.45, 2.75) is 38.3 Å². The van der Waals surface area contributed by atoms with E-state index in [0.29, 0.717) is 11.7 Å². The fourth-order valence-electron chi connectivity index (χ4n) is 4.09. The first-order valence-electron chi connectivity index (χ1n) is 9.79. The Balaban J connectivity index is 0.00000150. The number of aromatic nitrogens is 2. The molecule has 1 aromatic carbocycles. The van der Waals surface area contributed by atoms with Gasteiger partial charge in [0, 0.05) is 43.7 Å². The lowest BCUT2D eigenvalue weighted by Crippen LogP contribution is -2.50. The SMILES string of the molecule is CC(c1nc(-c2ccccc2)no1)N1CCN(C(=O)C2CCC(N)C2)CC1.Cl.Cl. The Morgan fingerprint density at radius 1 is 1.14 bits per heavy atom. The molecule has 0 bridgehead atoms. The van der Waals surface area contributed by atoms with Crippen molar-refractivity contribution in [3.63, 3.8) is 0 Å². The van der Waals surface area contributed by atoms with Gasteiger partial charge in [-0.05, 0) is 26.2 Å². The number of nitrogens with zero attached hydrogens (tertiary/aromatic N) is 4. The number of hydrogen-bond acceptors (Lipinski definition) is 6. The van der Waals surface area contributed by atoms with E-state index < -0.39 is 0 Å². The summed E-state index contributed by atoms with van der Waals surface area (Å²) >= 11 is 0. The van der Waals surface area contributed by atoms with Gasteiger partial charge in [-0.25, -0.2) is 0 Å². The van der Waals surface area contributed by atoms with Crippen molar-refractivity contribution < 1.29 is 9.32 Å². The Morgan fingerprint density at radius 3 is 2.45 bits per heavy atom. The van der Waals surface area contributed by atoms with Crippen molar-refractivity contribution in [3.8, 4) is 11.4 Å². The molecule has 3 atom stereocenters. The zero-order valence-corrected chi connectivity index (χ0v) is 18.2. The molecule has 1 aromatic heterocycles. The minimum absolute atomic E-state index is 0. The van der Waals surface area contributed by atoms with Crippen molar-refractivity contribution in [3.05, 3.63) is 36.2 Å². The fourth-order valence-corrected chi connectivity index (χ4v) is 4.09. The average molecular weight is 442 g/mol. The van der Waals surface area contributed by atoms with Crippen LogP contribution in [-0.2, 0) is 4.79 Å². The summed E-state index contributed by atoms with van der Waals surface area (Å²) in [6.07, 6.45) is 2.73. The van der Waals surface area contributed by atoms with Gasteiger partial charge in [-0.2, -0.15) is 4.98 Å². The van der Waals surface area contributed by atoms with Crippen LogP contribution < -0.4 is 5.73 Å². The van der Waals surface area contributed by atoms with Gasteiger partial charge in [0.25, 0.3) is 0 Å². The average Bonchev–Trinajstić information content (AvgIpc) is 3.37. The summed E-state index contributed by atoms with van der Waals surface area (Å²) in [6.45, 7) is 5.20. The predicted octanol–water partition coefficient (Wildman–Crippen LogP) is 2.91. The van der Waals surface area contributed by atoms with Crippen molar-refractivity contribution in [2.75, 3.05) is 26.2 Å². The molecule has 2 aliphatic rings. The Kier molecular flexibility index (Phi) is 8.46. The van der Waals surface area contributed by atoms with E-state index in [9.17, 15) is 4.79 Å². The molecule has 1 saturated carbocycles. The monoisotopic (exact) mass is 441 g/mol. The minimum Gasteiger partial charge on any atom is -0.340 e. The summed E-state index contributed by atoms with van der Waals surface area (Å²) in [5.74, 6) is 1.63. The van der Waals surface area contributed by atoms with Crippen LogP contribution in [0.2, 0.25) is 0 Å². The zero-order valence-electron chi connectivity index (χ0n) is 16.6. The summed E-state index contributed by atoms with van der Waals surface area (Å²) < 4.78 is 5.50. The quantitative estimate of drug-likeness (QED) is 0.784. The van der Waals surface area contributed by atoms with Gasteiger partial charge in [0.1, 0.15) is 0 Å². The molecule has 2 fully saturated rings. The van der Waals surface area contributed by atoms with Crippen molar-refractivity contribution in [1.29, 1.82) is 0 Å². The molecule has 0 spiro atoms. The molecule has 3 unspecified atom stereocenters. The highest BCUT2D eigenvalue weighted by atomic mass is 35.5. The van der Waals surface area contributed by atoms with E-state index in [4.69, 9.17) is 10.3 Å². The smallest absolute Gasteiger partial charge is 0.244 e. The Bertz CT molecular complexity index is 780. The lowest BCUT2D eigenvalue weighted by atomic mass is 10.1. The van der Waals surface area contributed by atoms with Gasteiger partial charge >= 0.3 is 0 Å². The molecule has 0 radical (unpaired) electrons. The number of piperazine rings is 1. The molecule has 2 heterocycles. The number of carbonyl (C=O) groups is 1. The van der Waals surface area contributed by atoms with Gasteiger partial charge in [-0.3, -0.25) is 9.69 Å². The number of nitrogens with two attached hydrogens (primary N) is 1. The molecule has 9 heteroatoms. The van der Waals surface area contributed by atoms with E-state index in [1.807, 2.05) is 35.2 Å². The predicted molar refractivity (Wildman–Crippen MR) is 116 cm³/mol. The Labute approximate surface area is 183 Å². The molecule has 1 aliphatic carbocycles. The molecule has 29 heavy (non-hydrogen) atoms. The third kappa shape index (κ3) is 5.28. The Hall–Kier alpha value is -1.67. The summed E-state index contributed by atoms with van der Waals surface area (Å²) in [4.78, 5) is 21.5. The van der Waals surface area contributed by atoms with E-state index in [1.165, 1.54) is 0 Å². The molecule has 1 saturated heterocycles. The van der Waals surface area contributed by atoms with Crippen LogP contribution in [0, 0.1) is 5.92 Å². The standard InChI is InChI=1S/C20H27N5O2.2ClH/c1-14(19-22-18(23-27-19)15-5-3-2-4-6-15)24-9-11-25(12-10-24)20(26)16-7-8-17(21)13-16;;/h2-6,14,16-17H,7-13,21H2,1H3;2*1H. The first-order valence-corrected chi connectivity index (χ1v) is 9.79. The third-order valence-electron chi connectivity index (χ3n) is 5.83. The van der Waals surface area contributed by atoms with E-state index in [2.05, 4.69) is 22.0 Å². The second-order valence-electron chi connectivity index (χ2n) is 7.63. The van der Waals surface area contributed by atoms with Crippen LogP contribution in [-0.4, -0.2) is 58.1 Å². The van der Waals surface area contributed by atoms with Crippen molar-refractivity contribution >= 4 is 30.7 Å². The maximum absolute atomic E-state index is 12.7. The van der Waals surface area contributed by atoms with Crippen LogP contribution in [0.5, 0.6) is 0 Å². The summed E-state index contributed by atoms with van der Waals surface area (Å²) in [5, 5.41) is 4.12. The van der Waals surface area contributed by atoms with Crippen LogP contribution in [0.25, 0.3) is 11.4 Å². The van der Waals surface area contributed by atoms with Crippen LogP contribution in [0.15, 0.2) is 34.9 Å². The molecule has 1 aliphatic heterocycles. The molecule has 160 valence electrons. The molecule has 2 N–H and O–H groups in total. The molecule has 7 nitrogen and oxygen atoms in total. The topological polar surface area (TPSA) is 88.5 Å². The molecular formula is C20H29Cl2N5O2. The summed E-state index contributed by atoms with van der Waals surface area (Å²) in [5.41, 5.74) is 6.91. The van der Waals surface area contributed by atoms with Crippen molar-refractivity contribution in [2.24, 2.45) is 11.7 Å². The highest BCUT2D eigenvalue weighted by molar-refractivity contribution is 5.85. The summed E-state index contributed by atoms with van der Waals surface area (Å²) in [6, 6.07) is 10.1. The van der Waals surface area contributed by atoms with Crippen LogP contribution in [0.4, 0.5) is 0 Å². The maximum Gasteiger partial charge on any atom is 0.244 e. The van der Waals surface area contributed by atoms with E-state index in [1.54, 1.807) is 0 Å². The normalized spacial score (nSPS) is 23.2. The largest absolute Gasteiger partial charge is 0.340 e. The fraction of sp³-hybridized carbons (Fsp3) is 0.550. The van der Waals surface area contributed by atoms with Gasteiger partial charge in [0.15, 0.2) is 0 Å². The van der Waals surface area contributed by atoms with Gasteiger partial charge in [-0.1, -0.05) is 35.5 Å². The molecule has 4 rings (SSSR count). The van der Waals surface area contributed by atoms with Gasteiger partial charge < -0.3 is 15.2 Å². The number of amides is 1. The van der Waals surface area contributed by atoms with Crippen LogP contribution in [0.1, 0.15) is 38.1 Å². The number of benzene rings is 1. The summed E-state index contributed by atoms with van der Waals surface area (Å²) in [7, 11) is 0. The van der Waals surface area contributed by atoms with Gasteiger partial charge in [0.2, 0.25) is 17.6 Å². The second kappa shape index (κ2) is 10.4. The first kappa shape index (κ1) is 23.6. The second-order valence-corrected chi connectivity index (χ2v) is 7.63.